The Balaban J connectivity index is 1.21. The maximum atomic E-state index is 12.7. The van der Waals surface area contributed by atoms with Gasteiger partial charge in [0.25, 0.3) is 50.6 Å². The average Bonchev–Trinajstić information content (AvgIpc) is 4.03. The van der Waals surface area contributed by atoms with Crippen LogP contribution in [-0.4, -0.2) is 122 Å². The lowest BCUT2D eigenvalue weighted by Gasteiger charge is -2.14. The normalized spacial score (nSPS) is 13.0. The fourth-order valence-electron chi connectivity index (χ4n) is 8.01. The third-order valence-corrected chi connectivity index (χ3v) is 18.1. The van der Waals surface area contributed by atoms with Crippen molar-refractivity contribution in [3.05, 3.63) is 77.4 Å². The lowest BCUT2D eigenvalue weighted by molar-refractivity contribution is 0.316. The van der Waals surface area contributed by atoms with E-state index < -0.39 is 99.3 Å². The summed E-state index contributed by atoms with van der Waals surface area (Å²) in [6.45, 7) is 2.82. The van der Waals surface area contributed by atoms with Gasteiger partial charge < -0.3 is 19.3 Å². The summed E-state index contributed by atoms with van der Waals surface area (Å²) < 4.78 is 188. The van der Waals surface area contributed by atoms with Gasteiger partial charge in [0.1, 0.15) is 55.6 Å². The summed E-state index contributed by atoms with van der Waals surface area (Å²) in [7, 11) is -22.7. The second-order valence-corrected chi connectivity index (χ2v) is 26.4. The summed E-state index contributed by atoms with van der Waals surface area (Å²) in [6, 6.07) is 15.9. The van der Waals surface area contributed by atoms with Crippen molar-refractivity contribution in [2.45, 2.75) is 46.3 Å². The molecule has 8 aromatic rings. The number of para-hydroxylation sites is 2. The number of benzene rings is 5. The van der Waals surface area contributed by atoms with Gasteiger partial charge in [-0.15, -0.1) is 42.4 Å². The summed E-state index contributed by atoms with van der Waals surface area (Å²) in [5.74, 6) is -2.57. The first-order chi connectivity index (χ1) is 37.9. The molecule has 8 rings (SSSR count). The Morgan fingerprint density at radius 1 is 0.691 bits per heavy atom. The number of aromatic hydroxyl groups is 1. The molecule has 36 heteroatoms. The Morgan fingerprint density at radius 2 is 1.31 bits per heavy atom. The summed E-state index contributed by atoms with van der Waals surface area (Å²) >= 11 is 1.62. The number of thioether (sulfide) groups is 1. The van der Waals surface area contributed by atoms with E-state index in [1.807, 2.05) is 0 Å². The maximum absolute atomic E-state index is 12.7. The average molecular weight is 1250 g/mol. The third kappa shape index (κ3) is 13.0. The van der Waals surface area contributed by atoms with Gasteiger partial charge in [-0.05, 0) is 74.4 Å². The number of ether oxygens (including phenoxy) is 3. The molecule has 426 valence electrons. The quantitative estimate of drug-likeness (QED) is 0.0169. The van der Waals surface area contributed by atoms with Gasteiger partial charge in [-0.2, -0.15) is 47.4 Å². The van der Waals surface area contributed by atoms with Gasteiger partial charge in [-0.3, -0.25) is 27.2 Å². The van der Waals surface area contributed by atoms with Gasteiger partial charge in [0.15, 0.2) is 16.2 Å². The Labute approximate surface area is 467 Å². The molecule has 0 aliphatic heterocycles. The van der Waals surface area contributed by atoms with Crippen LogP contribution in [-0.2, 0) is 50.6 Å². The molecule has 0 amide bonds. The van der Waals surface area contributed by atoms with Gasteiger partial charge in [0.05, 0.1) is 59.4 Å². The van der Waals surface area contributed by atoms with Crippen molar-refractivity contribution < 1.29 is 84.2 Å². The van der Waals surface area contributed by atoms with E-state index in [1.165, 1.54) is 42.7 Å². The number of thiazole rings is 1. The number of imidazole rings is 1. The summed E-state index contributed by atoms with van der Waals surface area (Å²) in [4.78, 5) is 5.28. The fraction of sp³-hybridized carbons (Fsp3) is 0.222. The minimum atomic E-state index is -5.50. The lowest BCUT2D eigenvalue weighted by atomic mass is 10.1. The van der Waals surface area contributed by atoms with Crippen molar-refractivity contribution in [2.24, 2.45) is 30.7 Å². The minimum absolute atomic E-state index is 0.00905. The molecule has 0 saturated carbocycles. The summed E-state index contributed by atoms with van der Waals surface area (Å²) in [5.41, 5.74) is 1.39. The lowest BCUT2D eigenvalue weighted by Crippen LogP contribution is -2.11. The second kappa shape index (κ2) is 22.9. The van der Waals surface area contributed by atoms with Crippen LogP contribution in [0.2, 0.25) is 0 Å². The molecule has 5 aromatic carbocycles. The molecular weight excluding hydrogens is 1210 g/mol. The number of methoxy groups -OCH3 is 2. The number of azo groups is 3. The minimum Gasteiger partial charge on any atom is -0.495 e. The van der Waals surface area contributed by atoms with E-state index in [1.54, 1.807) is 31.2 Å². The van der Waals surface area contributed by atoms with Crippen LogP contribution in [0.25, 0.3) is 37.7 Å². The molecule has 0 aliphatic rings. The van der Waals surface area contributed by atoms with Crippen molar-refractivity contribution in [3.63, 3.8) is 0 Å². The Bertz CT molecular complexity index is 4660. The van der Waals surface area contributed by atoms with E-state index >= 15 is 0 Å². The highest BCUT2D eigenvalue weighted by atomic mass is 32.2. The van der Waals surface area contributed by atoms with E-state index in [9.17, 15) is 75.2 Å². The standard InChI is InChI=1S/C45H40N10O19S7/c1-22-15-31(52-50-29-19-34(74-11-7-13-77(57,58)59)30(18-33(29)72-3)51-53-38-23(2)26(21-46)43-47-27-9-5-6-10-32(27)55(43)44(38)56)35(75-12-8-14-78(60,61)62)20-28(22)49-54-45-48-39-36(79(63,64)65)16-24-25(41(39)76-45)17-37(80(66,67)68)42(40(24)73-4)81(69,70)71/h5-6,9-10,15-20,56H,7-8,11-14H2,1-4H3,(H,57,58,59)(H,60,61,62)(H,63,64,65)(H,66,67,68)(H,69,70,71). The molecule has 0 unspecified atom stereocenters. The summed E-state index contributed by atoms with van der Waals surface area (Å²) in [6.07, 6.45) is -0.245. The number of nitrogens with zero attached hydrogens (tertiary/aromatic N) is 10. The molecule has 81 heavy (non-hydrogen) atoms. The largest absolute Gasteiger partial charge is 0.495 e. The molecule has 0 bridgehead atoms. The van der Waals surface area contributed by atoms with Crippen LogP contribution in [0, 0.1) is 25.2 Å². The second-order valence-electron chi connectivity index (χ2n) is 17.0. The number of hydrogen-bond acceptors (Lipinski definition) is 25. The molecule has 0 atom stereocenters. The van der Waals surface area contributed by atoms with E-state index in [0.717, 1.165) is 18.9 Å². The monoisotopic (exact) mass is 1250 g/mol. The Morgan fingerprint density at radius 3 is 1.95 bits per heavy atom. The number of aryl methyl sites for hydroxylation is 1. The topological polar surface area (TPSA) is 448 Å². The van der Waals surface area contributed by atoms with Crippen molar-refractivity contribution in [3.8, 4) is 29.2 Å². The van der Waals surface area contributed by atoms with Crippen molar-refractivity contribution >= 4 is 145 Å². The highest BCUT2D eigenvalue weighted by Gasteiger charge is 2.33. The predicted octanol–water partition coefficient (Wildman–Crippen LogP) is 9.47. The zero-order valence-electron chi connectivity index (χ0n) is 41.8. The molecule has 0 aliphatic carbocycles. The molecule has 3 heterocycles. The first-order valence-electron chi connectivity index (χ1n) is 22.6. The number of pyridine rings is 1. The van der Waals surface area contributed by atoms with Gasteiger partial charge in [-0.25, -0.2) is 9.97 Å². The number of fused-ring (bicyclic) bond motifs is 6. The highest BCUT2D eigenvalue weighted by Crippen LogP contribution is 2.48. The van der Waals surface area contributed by atoms with Crippen LogP contribution in [0.3, 0.4) is 0 Å². The number of aromatic nitrogens is 3. The third-order valence-electron chi connectivity index (χ3n) is 11.6. The molecule has 29 nitrogen and oxygen atoms in total. The van der Waals surface area contributed by atoms with E-state index in [0.29, 0.717) is 40.1 Å². The molecule has 0 radical (unpaired) electrons. The van der Waals surface area contributed by atoms with Gasteiger partial charge in [-0.1, -0.05) is 23.5 Å². The van der Waals surface area contributed by atoms with Crippen LogP contribution in [0.5, 0.6) is 23.1 Å². The number of nitriles is 1. The van der Waals surface area contributed by atoms with Crippen LogP contribution < -0.4 is 14.2 Å². The molecule has 0 fully saturated rings. The predicted molar refractivity (Wildman–Crippen MR) is 292 cm³/mol. The van der Waals surface area contributed by atoms with Crippen LogP contribution in [0.1, 0.15) is 29.5 Å². The maximum Gasteiger partial charge on any atom is 0.299 e. The summed E-state index contributed by atoms with van der Waals surface area (Å²) in [5, 5.41) is 46.5. The zero-order valence-corrected chi connectivity index (χ0v) is 47.6. The van der Waals surface area contributed by atoms with Crippen LogP contribution in [0.4, 0.5) is 33.6 Å². The fourth-order valence-corrected chi connectivity index (χ4v) is 13.8. The zero-order chi connectivity index (χ0) is 59.1. The van der Waals surface area contributed by atoms with Crippen molar-refractivity contribution in [1.82, 2.24) is 14.4 Å². The van der Waals surface area contributed by atoms with Crippen molar-refractivity contribution in [1.29, 1.82) is 5.26 Å². The Hall–Kier alpha value is -7.41. The molecule has 0 saturated heterocycles. The highest BCUT2D eigenvalue weighted by molar-refractivity contribution is 7.99. The van der Waals surface area contributed by atoms with Gasteiger partial charge in [0, 0.05) is 33.4 Å². The van der Waals surface area contributed by atoms with E-state index in [2.05, 4.69) is 46.7 Å². The molecule has 3 aromatic heterocycles. The first-order valence-corrected chi connectivity index (χ1v) is 32.0. The van der Waals surface area contributed by atoms with Gasteiger partial charge in [0.2, 0.25) is 11.0 Å². The molecular formula is C45H40N10O19S7. The molecule has 0 spiro atoms. The van der Waals surface area contributed by atoms with E-state index in [4.69, 9.17) is 14.2 Å². The van der Waals surface area contributed by atoms with Crippen molar-refractivity contribution in [2.75, 3.05) is 38.1 Å². The van der Waals surface area contributed by atoms with Gasteiger partial charge >= 0.3 is 0 Å². The first kappa shape index (κ1) is 59.7. The molecule has 6 N–H and O–H groups in total. The van der Waals surface area contributed by atoms with Crippen LogP contribution in [0.15, 0.2) is 111 Å². The SMILES string of the molecule is COc1cc(N=Nc2c(C)c(C#N)c3nc4ccccc4n3c2O)c(OCCCS(=O)(=O)O)cc1N=Nc1cc(C)c(N=Nc2nc3c(S(=O)(=O)O)cc4c(OC)c(S(=O)(=O)O)c(S(=O)(=O)O)cc4c3s2)cc1SCCCS(=O)(=O)O. The van der Waals surface area contributed by atoms with Crippen LogP contribution >= 0.6 is 23.1 Å². The Kier molecular flexibility index (Phi) is 16.8. The number of rotatable bonds is 21. The smallest absolute Gasteiger partial charge is 0.299 e. The van der Waals surface area contributed by atoms with E-state index in [-0.39, 0.29) is 102 Å². The number of hydrogen-bond donors (Lipinski definition) is 6.